The van der Waals surface area contributed by atoms with E-state index in [1.165, 1.54) is 0 Å². The summed E-state index contributed by atoms with van der Waals surface area (Å²) in [6.07, 6.45) is 5.13. The smallest absolute Gasteiger partial charge is 0.141 e. The quantitative estimate of drug-likeness (QED) is 0.570. The Morgan fingerprint density at radius 2 is 2.09 bits per heavy atom. The average Bonchev–Trinajstić information content (AvgIpc) is 2.48. The van der Waals surface area contributed by atoms with Crippen LogP contribution in [0.3, 0.4) is 0 Å². The monoisotopic (exact) mass is 154 g/mol. The maximum Gasteiger partial charge on any atom is 0.141 e. The van der Waals surface area contributed by atoms with Gasteiger partial charge in [-0.15, -0.1) is 0 Å². The third kappa shape index (κ3) is 0.853. The minimum Gasteiger partial charge on any atom is -0.392 e. The molecule has 2 atom stereocenters. The number of aliphatic hydroxyl groups excluding tert-OH is 1. The molecule has 2 saturated carbocycles. The summed E-state index contributed by atoms with van der Waals surface area (Å²) in [7, 11) is 0. The van der Waals surface area contributed by atoms with E-state index in [1.54, 1.807) is 0 Å². The van der Waals surface area contributed by atoms with Crippen LogP contribution < -0.4 is 0 Å². The third-order valence-electron chi connectivity index (χ3n) is 3.32. The molecule has 0 aromatic rings. The van der Waals surface area contributed by atoms with Gasteiger partial charge in [-0.3, -0.25) is 4.79 Å². The second-order valence-corrected chi connectivity index (χ2v) is 3.84. The van der Waals surface area contributed by atoms with Crippen LogP contribution in [0.5, 0.6) is 0 Å². The van der Waals surface area contributed by atoms with Crippen LogP contribution in [0.1, 0.15) is 38.5 Å². The molecule has 0 saturated heterocycles. The first kappa shape index (κ1) is 7.29. The van der Waals surface area contributed by atoms with E-state index in [9.17, 15) is 9.90 Å². The number of carbonyl (C=O) groups excluding carboxylic acids is 1. The Kier molecular flexibility index (Phi) is 1.53. The largest absolute Gasteiger partial charge is 0.392 e. The van der Waals surface area contributed by atoms with Crippen molar-refractivity contribution >= 4 is 5.78 Å². The van der Waals surface area contributed by atoms with Crippen LogP contribution >= 0.6 is 0 Å². The molecule has 11 heavy (non-hydrogen) atoms. The van der Waals surface area contributed by atoms with Crippen LogP contribution in [0, 0.1) is 5.41 Å². The fourth-order valence-electron chi connectivity index (χ4n) is 2.62. The molecule has 2 aliphatic rings. The number of ketones is 1. The molecule has 0 amide bonds. The summed E-state index contributed by atoms with van der Waals surface area (Å²) < 4.78 is 0. The van der Waals surface area contributed by atoms with Gasteiger partial charge in [0.2, 0.25) is 0 Å². The van der Waals surface area contributed by atoms with Crippen molar-refractivity contribution in [3.05, 3.63) is 0 Å². The lowest BCUT2D eigenvalue weighted by Crippen LogP contribution is -2.33. The lowest BCUT2D eigenvalue weighted by molar-refractivity contribution is -0.130. The molecule has 62 valence electrons. The number of hydrogen-bond acceptors (Lipinski definition) is 2. The van der Waals surface area contributed by atoms with Crippen LogP contribution in [0.25, 0.3) is 0 Å². The van der Waals surface area contributed by atoms with Crippen LogP contribution in [-0.4, -0.2) is 17.0 Å². The molecule has 2 rings (SSSR count). The van der Waals surface area contributed by atoms with E-state index in [0.29, 0.717) is 12.2 Å². The summed E-state index contributed by atoms with van der Waals surface area (Å²) in [6, 6.07) is 0. The van der Waals surface area contributed by atoms with Crippen molar-refractivity contribution in [2.75, 3.05) is 0 Å². The fraction of sp³-hybridized carbons (Fsp3) is 0.889. The highest BCUT2D eigenvalue weighted by molar-refractivity contribution is 5.87. The average molecular weight is 154 g/mol. The van der Waals surface area contributed by atoms with E-state index in [0.717, 1.165) is 32.1 Å². The molecule has 0 aromatic heterocycles. The zero-order chi connectivity index (χ0) is 7.90. The van der Waals surface area contributed by atoms with Gasteiger partial charge < -0.3 is 5.11 Å². The number of Topliss-reactive ketones (excluding diaryl/α,β-unsaturated/α-hetero) is 1. The fourth-order valence-corrected chi connectivity index (χ4v) is 2.62. The van der Waals surface area contributed by atoms with Crippen molar-refractivity contribution in [3.63, 3.8) is 0 Å². The van der Waals surface area contributed by atoms with E-state index in [4.69, 9.17) is 0 Å². The first-order chi connectivity index (χ1) is 5.26. The third-order valence-corrected chi connectivity index (χ3v) is 3.32. The highest BCUT2D eigenvalue weighted by atomic mass is 16.3. The molecule has 1 N–H and O–H groups in total. The normalized spacial score (nSPS) is 44.1. The Morgan fingerprint density at radius 1 is 1.36 bits per heavy atom. The van der Waals surface area contributed by atoms with Gasteiger partial charge in [-0.2, -0.15) is 0 Å². The lowest BCUT2D eigenvalue weighted by atomic mass is 9.82. The molecule has 2 fully saturated rings. The topological polar surface area (TPSA) is 37.3 Å². The molecule has 1 unspecified atom stereocenters. The summed E-state index contributed by atoms with van der Waals surface area (Å²) in [4.78, 5) is 11.4. The minimum atomic E-state index is -0.322. The molecule has 2 aliphatic carbocycles. The first-order valence-electron chi connectivity index (χ1n) is 4.47. The van der Waals surface area contributed by atoms with Gasteiger partial charge in [0.15, 0.2) is 0 Å². The molecular formula is C9H14O2. The second-order valence-electron chi connectivity index (χ2n) is 3.84. The van der Waals surface area contributed by atoms with Gasteiger partial charge in [-0.1, -0.05) is 0 Å². The van der Waals surface area contributed by atoms with E-state index in [2.05, 4.69) is 0 Å². The maximum absolute atomic E-state index is 11.4. The second kappa shape index (κ2) is 2.31. The Bertz CT molecular complexity index is 184. The van der Waals surface area contributed by atoms with Gasteiger partial charge in [0.05, 0.1) is 11.5 Å². The summed E-state index contributed by atoms with van der Waals surface area (Å²) in [5, 5.41) is 9.63. The van der Waals surface area contributed by atoms with Gasteiger partial charge in [-0.25, -0.2) is 0 Å². The van der Waals surface area contributed by atoms with Gasteiger partial charge in [0.1, 0.15) is 5.78 Å². The predicted molar refractivity (Wildman–Crippen MR) is 41.1 cm³/mol. The Labute approximate surface area is 66.6 Å². The standard InChI is InChI=1S/C9H14O2/c10-7-3-1-5-9(7)6-2-4-8(9)11/h7,10H,1-6H2/t7-,9?/m0/s1. The molecule has 2 heteroatoms. The zero-order valence-electron chi connectivity index (χ0n) is 6.68. The number of hydrogen-bond donors (Lipinski definition) is 1. The van der Waals surface area contributed by atoms with Crippen molar-refractivity contribution in [1.29, 1.82) is 0 Å². The first-order valence-corrected chi connectivity index (χ1v) is 4.47. The van der Waals surface area contributed by atoms with E-state index >= 15 is 0 Å². The van der Waals surface area contributed by atoms with E-state index in [-0.39, 0.29) is 11.5 Å². The summed E-state index contributed by atoms with van der Waals surface area (Å²) in [5.74, 6) is 0.322. The van der Waals surface area contributed by atoms with Crippen molar-refractivity contribution in [1.82, 2.24) is 0 Å². The number of aliphatic hydroxyl groups is 1. The van der Waals surface area contributed by atoms with Crippen LogP contribution in [0.2, 0.25) is 0 Å². The molecule has 0 heterocycles. The van der Waals surface area contributed by atoms with Gasteiger partial charge in [0.25, 0.3) is 0 Å². The molecule has 0 aliphatic heterocycles. The molecule has 0 radical (unpaired) electrons. The van der Waals surface area contributed by atoms with Gasteiger partial charge in [0, 0.05) is 6.42 Å². The number of rotatable bonds is 0. The number of carbonyl (C=O) groups is 1. The Balaban J connectivity index is 2.25. The van der Waals surface area contributed by atoms with Crippen molar-refractivity contribution in [2.24, 2.45) is 5.41 Å². The van der Waals surface area contributed by atoms with Crippen LogP contribution in [0.4, 0.5) is 0 Å². The van der Waals surface area contributed by atoms with Crippen LogP contribution in [-0.2, 0) is 4.79 Å². The molecule has 2 nitrogen and oxygen atoms in total. The highest BCUT2D eigenvalue weighted by Gasteiger charge is 2.49. The Hall–Kier alpha value is -0.370. The maximum atomic E-state index is 11.4. The summed E-state index contributed by atoms with van der Waals surface area (Å²) >= 11 is 0. The summed E-state index contributed by atoms with van der Waals surface area (Å²) in [6.45, 7) is 0. The molecule has 0 bridgehead atoms. The predicted octanol–water partition coefficient (Wildman–Crippen LogP) is 1.27. The SMILES string of the molecule is O=C1CCCC12CCC[C@@H]2O. The lowest BCUT2D eigenvalue weighted by Gasteiger charge is -2.24. The molecular weight excluding hydrogens is 140 g/mol. The van der Waals surface area contributed by atoms with Gasteiger partial charge >= 0.3 is 0 Å². The zero-order valence-corrected chi connectivity index (χ0v) is 6.68. The molecule has 0 aromatic carbocycles. The van der Waals surface area contributed by atoms with Gasteiger partial charge in [-0.05, 0) is 32.1 Å². The highest BCUT2D eigenvalue weighted by Crippen LogP contribution is 2.48. The van der Waals surface area contributed by atoms with E-state index < -0.39 is 0 Å². The van der Waals surface area contributed by atoms with E-state index in [1.807, 2.05) is 0 Å². The van der Waals surface area contributed by atoms with Crippen molar-refractivity contribution in [2.45, 2.75) is 44.6 Å². The molecule has 1 spiro atoms. The summed E-state index contributed by atoms with van der Waals surface area (Å²) in [5.41, 5.74) is -0.278. The van der Waals surface area contributed by atoms with Crippen molar-refractivity contribution < 1.29 is 9.90 Å². The van der Waals surface area contributed by atoms with Crippen LogP contribution in [0.15, 0.2) is 0 Å². The minimum absolute atomic E-state index is 0.278. The Morgan fingerprint density at radius 3 is 2.55 bits per heavy atom. The van der Waals surface area contributed by atoms with Crippen molar-refractivity contribution in [3.8, 4) is 0 Å².